The highest BCUT2D eigenvalue weighted by Crippen LogP contribution is 2.39. The topological polar surface area (TPSA) is 12.0 Å². The molecule has 2 rings (SSSR count). The molecule has 0 spiro atoms. The molecule has 0 atom stereocenters. The van der Waals surface area contributed by atoms with Gasteiger partial charge in [0.15, 0.2) is 0 Å². The Labute approximate surface area is 124 Å². The SMILES string of the molecule is CSC1(CNCc2ccc(Cl)cc2Cl)CCCC1. The Morgan fingerprint density at radius 3 is 2.61 bits per heavy atom. The fourth-order valence-electron chi connectivity index (χ4n) is 2.56. The molecule has 1 saturated carbocycles. The third kappa shape index (κ3) is 3.57. The summed E-state index contributed by atoms with van der Waals surface area (Å²) in [6.45, 7) is 1.88. The second-order valence-corrected chi connectivity index (χ2v) is 7.05. The molecule has 0 heterocycles. The summed E-state index contributed by atoms with van der Waals surface area (Å²) in [6.07, 6.45) is 7.61. The van der Waals surface area contributed by atoms with Gasteiger partial charge < -0.3 is 5.32 Å². The number of hydrogen-bond donors (Lipinski definition) is 1. The van der Waals surface area contributed by atoms with Crippen LogP contribution in [0, 0.1) is 0 Å². The van der Waals surface area contributed by atoms with Crippen LogP contribution in [0.25, 0.3) is 0 Å². The minimum absolute atomic E-state index is 0.443. The van der Waals surface area contributed by atoms with Crippen molar-refractivity contribution in [3.8, 4) is 0 Å². The number of thioether (sulfide) groups is 1. The number of hydrogen-bond acceptors (Lipinski definition) is 2. The van der Waals surface area contributed by atoms with Crippen LogP contribution in [0.2, 0.25) is 10.0 Å². The van der Waals surface area contributed by atoms with Gasteiger partial charge in [0.05, 0.1) is 0 Å². The van der Waals surface area contributed by atoms with Crippen molar-refractivity contribution in [2.45, 2.75) is 37.0 Å². The first-order chi connectivity index (χ1) is 8.65. The van der Waals surface area contributed by atoms with E-state index >= 15 is 0 Å². The maximum Gasteiger partial charge on any atom is 0.0465 e. The van der Waals surface area contributed by atoms with E-state index < -0.39 is 0 Å². The Kier molecular flexibility index (Phi) is 5.25. The molecule has 1 nitrogen and oxygen atoms in total. The normalized spacial score (nSPS) is 18.2. The molecule has 4 heteroatoms. The lowest BCUT2D eigenvalue weighted by Gasteiger charge is -2.27. The smallest absolute Gasteiger partial charge is 0.0465 e. The lowest BCUT2D eigenvalue weighted by atomic mass is 10.1. The van der Waals surface area contributed by atoms with Crippen LogP contribution < -0.4 is 5.32 Å². The second kappa shape index (κ2) is 6.51. The predicted molar refractivity (Wildman–Crippen MR) is 82.9 cm³/mol. The molecular weight excluding hydrogens is 285 g/mol. The molecule has 1 N–H and O–H groups in total. The van der Waals surface area contributed by atoms with E-state index in [1.807, 2.05) is 23.9 Å². The lowest BCUT2D eigenvalue weighted by molar-refractivity contribution is 0.534. The summed E-state index contributed by atoms with van der Waals surface area (Å²) in [4.78, 5) is 0. The highest BCUT2D eigenvalue weighted by molar-refractivity contribution is 8.00. The van der Waals surface area contributed by atoms with Crippen molar-refractivity contribution < 1.29 is 0 Å². The number of halogens is 2. The van der Waals surface area contributed by atoms with Crippen molar-refractivity contribution in [3.05, 3.63) is 33.8 Å². The minimum atomic E-state index is 0.443. The second-order valence-electron chi connectivity index (χ2n) is 4.93. The van der Waals surface area contributed by atoms with Crippen molar-refractivity contribution >= 4 is 35.0 Å². The van der Waals surface area contributed by atoms with Crippen LogP contribution in [0.5, 0.6) is 0 Å². The van der Waals surface area contributed by atoms with Crippen molar-refractivity contribution in [2.75, 3.05) is 12.8 Å². The van der Waals surface area contributed by atoms with Gasteiger partial charge in [-0.2, -0.15) is 11.8 Å². The van der Waals surface area contributed by atoms with Crippen molar-refractivity contribution in [1.82, 2.24) is 5.32 Å². The molecule has 18 heavy (non-hydrogen) atoms. The molecule has 1 aromatic carbocycles. The number of nitrogens with one attached hydrogen (secondary N) is 1. The average Bonchev–Trinajstić information content (AvgIpc) is 2.81. The first-order valence-electron chi connectivity index (χ1n) is 6.35. The first kappa shape index (κ1) is 14.5. The molecule has 0 unspecified atom stereocenters. The van der Waals surface area contributed by atoms with E-state index in [2.05, 4.69) is 11.6 Å². The van der Waals surface area contributed by atoms with Gasteiger partial charge in [-0.05, 0) is 36.8 Å². The monoisotopic (exact) mass is 303 g/mol. The van der Waals surface area contributed by atoms with Gasteiger partial charge in [-0.15, -0.1) is 0 Å². The first-order valence-corrected chi connectivity index (χ1v) is 8.33. The van der Waals surface area contributed by atoms with Gasteiger partial charge in [0.2, 0.25) is 0 Å². The van der Waals surface area contributed by atoms with Gasteiger partial charge >= 0.3 is 0 Å². The van der Waals surface area contributed by atoms with E-state index in [4.69, 9.17) is 23.2 Å². The summed E-state index contributed by atoms with van der Waals surface area (Å²) in [5, 5.41) is 4.99. The molecular formula is C14H19Cl2NS. The Bertz CT molecular complexity index is 403. The summed E-state index contributed by atoms with van der Waals surface area (Å²) in [6, 6.07) is 5.70. The predicted octanol–water partition coefficient (Wildman–Crippen LogP) is 4.76. The minimum Gasteiger partial charge on any atom is -0.311 e. The van der Waals surface area contributed by atoms with Gasteiger partial charge in [0, 0.05) is 27.9 Å². The van der Waals surface area contributed by atoms with Crippen molar-refractivity contribution in [2.24, 2.45) is 0 Å². The zero-order valence-corrected chi connectivity index (χ0v) is 13.0. The summed E-state index contributed by atoms with van der Waals surface area (Å²) < 4.78 is 0.443. The molecule has 100 valence electrons. The molecule has 1 aliphatic carbocycles. The van der Waals surface area contributed by atoms with E-state index in [-0.39, 0.29) is 0 Å². The Hall–Kier alpha value is 0.110. The average molecular weight is 304 g/mol. The van der Waals surface area contributed by atoms with Crippen LogP contribution in [-0.2, 0) is 6.54 Å². The van der Waals surface area contributed by atoms with E-state index in [1.54, 1.807) is 6.07 Å². The standard InChI is InChI=1S/C14H19Cl2NS/c1-18-14(6-2-3-7-14)10-17-9-11-4-5-12(15)8-13(11)16/h4-5,8,17H,2-3,6-7,9-10H2,1H3. The molecule has 0 amide bonds. The fraction of sp³-hybridized carbons (Fsp3) is 0.571. The third-order valence-corrected chi connectivity index (χ3v) is 5.73. The van der Waals surface area contributed by atoms with Crippen molar-refractivity contribution in [3.63, 3.8) is 0 Å². The van der Waals surface area contributed by atoms with Crippen LogP contribution in [0.4, 0.5) is 0 Å². The molecule has 0 radical (unpaired) electrons. The fourth-order valence-corrected chi connectivity index (χ4v) is 3.98. The van der Waals surface area contributed by atoms with E-state index in [1.165, 1.54) is 25.7 Å². The molecule has 0 aliphatic heterocycles. The van der Waals surface area contributed by atoms with Gasteiger partial charge in [0.1, 0.15) is 0 Å². The third-order valence-electron chi connectivity index (χ3n) is 3.73. The van der Waals surface area contributed by atoms with E-state index in [0.717, 1.165) is 23.7 Å². The highest BCUT2D eigenvalue weighted by Gasteiger charge is 2.32. The lowest BCUT2D eigenvalue weighted by Crippen LogP contribution is -2.34. The zero-order valence-electron chi connectivity index (χ0n) is 10.6. The molecule has 1 aromatic rings. The quantitative estimate of drug-likeness (QED) is 0.842. The van der Waals surface area contributed by atoms with Gasteiger partial charge in [-0.1, -0.05) is 42.1 Å². The van der Waals surface area contributed by atoms with Crippen LogP contribution >= 0.6 is 35.0 Å². The Morgan fingerprint density at radius 2 is 2.00 bits per heavy atom. The Morgan fingerprint density at radius 1 is 1.28 bits per heavy atom. The van der Waals surface area contributed by atoms with Crippen LogP contribution in [0.3, 0.4) is 0 Å². The maximum atomic E-state index is 6.16. The van der Waals surface area contributed by atoms with Crippen LogP contribution in [0.1, 0.15) is 31.2 Å². The molecule has 1 fully saturated rings. The zero-order chi connectivity index (χ0) is 13.0. The van der Waals surface area contributed by atoms with E-state index in [0.29, 0.717) is 9.77 Å². The largest absolute Gasteiger partial charge is 0.311 e. The molecule has 0 saturated heterocycles. The summed E-state index contributed by atoms with van der Waals surface area (Å²) in [5.41, 5.74) is 1.12. The van der Waals surface area contributed by atoms with Crippen LogP contribution in [0.15, 0.2) is 18.2 Å². The summed E-state index contributed by atoms with van der Waals surface area (Å²) in [7, 11) is 0. The van der Waals surface area contributed by atoms with Crippen molar-refractivity contribution in [1.29, 1.82) is 0 Å². The number of rotatable bonds is 5. The van der Waals surface area contributed by atoms with Gasteiger partial charge in [-0.3, -0.25) is 0 Å². The number of benzene rings is 1. The molecule has 0 bridgehead atoms. The van der Waals surface area contributed by atoms with Gasteiger partial charge in [0.25, 0.3) is 0 Å². The van der Waals surface area contributed by atoms with E-state index in [9.17, 15) is 0 Å². The highest BCUT2D eigenvalue weighted by atomic mass is 35.5. The summed E-state index contributed by atoms with van der Waals surface area (Å²) in [5.74, 6) is 0. The maximum absolute atomic E-state index is 6.16. The van der Waals surface area contributed by atoms with Crippen LogP contribution in [-0.4, -0.2) is 17.5 Å². The molecule has 0 aromatic heterocycles. The molecule has 1 aliphatic rings. The van der Waals surface area contributed by atoms with Gasteiger partial charge in [-0.25, -0.2) is 0 Å². The summed E-state index contributed by atoms with van der Waals surface area (Å²) >= 11 is 14.1. The Balaban J connectivity index is 1.88.